The van der Waals surface area contributed by atoms with E-state index in [0.29, 0.717) is 5.82 Å². The third-order valence-electron chi connectivity index (χ3n) is 2.85. The fourth-order valence-corrected chi connectivity index (χ4v) is 1.88. The molecular weight excluding hydrogens is 236 g/mol. The largest absolute Gasteiger partial charge is 0.508 e. The maximum absolute atomic E-state index is 9.30. The molecule has 1 heterocycles. The van der Waals surface area contributed by atoms with E-state index >= 15 is 0 Å². The molecule has 0 amide bonds. The van der Waals surface area contributed by atoms with Gasteiger partial charge in [-0.25, -0.2) is 9.97 Å². The number of nitrogens with zero attached hydrogens (tertiary/aromatic N) is 2. The lowest BCUT2D eigenvalue weighted by Crippen LogP contribution is -1.91. The molecule has 1 N–H and O–H groups in total. The Morgan fingerprint density at radius 1 is 0.737 bits per heavy atom. The molecule has 0 bridgehead atoms. The van der Waals surface area contributed by atoms with E-state index in [4.69, 9.17) is 0 Å². The van der Waals surface area contributed by atoms with Crippen LogP contribution in [0.15, 0.2) is 66.9 Å². The molecule has 0 radical (unpaired) electrons. The average molecular weight is 248 g/mol. The summed E-state index contributed by atoms with van der Waals surface area (Å²) in [6.45, 7) is 0. The van der Waals surface area contributed by atoms with E-state index in [2.05, 4.69) is 9.97 Å². The Balaban J connectivity index is 2.03. The van der Waals surface area contributed by atoms with Crippen molar-refractivity contribution in [1.29, 1.82) is 0 Å². The van der Waals surface area contributed by atoms with E-state index in [0.717, 1.165) is 16.8 Å². The molecule has 0 saturated heterocycles. The van der Waals surface area contributed by atoms with Crippen LogP contribution < -0.4 is 0 Å². The lowest BCUT2D eigenvalue weighted by atomic mass is 10.1. The van der Waals surface area contributed by atoms with Gasteiger partial charge in [-0.3, -0.25) is 0 Å². The first-order chi connectivity index (χ1) is 9.33. The summed E-state index contributed by atoms with van der Waals surface area (Å²) in [5.41, 5.74) is 2.83. The van der Waals surface area contributed by atoms with Crippen LogP contribution in [-0.2, 0) is 0 Å². The minimum atomic E-state index is 0.239. The van der Waals surface area contributed by atoms with Gasteiger partial charge in [0.15, 0.2) is 5.82 Å². The van der Waals surface area contributed by atoms with Crippen LogP contribution in [0.25, 0.3) is 22.6 Å². The van der Waals surface area contributed by atoms with Crippen molar-refractivity contribution < 1.29 is 5.11 Å². The fourth-order valence-electron chi connectivity index (χ4n) is 1.88. The summed E-state index contributed by atoms with van der Waals surface area (Å²) in [7, 11) is 0. The van der Waals surface area contributed by atoms with Crippen molar-refractivity contribution in [3.05, 3.63) is 66.9 Å². The highest BCUT2D eigenvalue weighted by Crippen LogP contribution is 2.21. The van der Waals surface area contributed by atoms with Crippen LogP contribution >= 0.6 is 0 Å². The van der Waals surface area contributed by atoms with Gasteiger partial charge in [0.2, 0.25) is 0 Å². The normalized spacial score (nSPS) is 10.3. The topological polar surface area (TPSA) is 46.0 Å². The second-order valence-electron chi connectivity index (χ2n) is 4.18. The van der Waals surface area contributed by atoms with Gasteiger partial charge < -0.3 is 5.11 Å². The number of aromatic nitrogens is 2. The smallest absolute Gasteiger partial charge is 0.159 e. The molecule has 0 fully saturated rings. The number of hydrogen-bond donors (Lipinski definition) is 1. The standard InChI is InChI=1S/C16H12N2O/c19-14-8-6-13(7-9-14)16-17-11-10-15(18-16)12-4-2-1-3-5-12/h1-11,19H. The summed E-state index contributed by atoms with van der Waals surface area (Å²) in [5.74, 6) is 0.893. The Labute approximate surface area is 111 Å². The number of benzene rings is 2. The van der Waals surface area contributed by atoms with Crippen molar-refractivity contribution in [1.82, 2.24) is 9.97 Å². The highest BCUT2D eigenvalue weighted by molar-refractivity contribution is 5.63. The SMILES string of the molecule is Oc1ccc(-c2nccc(-c3ccccc3)n2)cc1. The average Bonchev–Trinajstić information content (AvgIpc) is 2.49. The van der Waals surface area contributed by atoms with E-state index in [9.17, 15) is 5.11 Å². The van der Waals surface area contributed by atoms with Gasteiger partial charge in [-0.1, -0.05) is 30.3 Å². The van der Waals surface area contributed by atoms with Gasteiger partial charge >= 0.3 is 0 Å². The Hall–Kier alpha value is -2.68. The Morgan fingerprint density at radius 3 is 2.21 bits per heavy atom. The Morgan fingerprint density at radius 2 is 1.47 bits per heavy atom. The van der Waals surface area contributed by atoms with Gasteiger partial charge in [-0.2, -0.15) is 0 Å². The molecule has 0 spiro atoms. The number of phenolic OH excluding ortho intramolecular Hbond substituents is 1. The lowest BCUT2D eigenvalue weighted by molar-refractivity contribution is 0.475. The number of hydrogen-bond acceptors (Lipinski definition) is 3. The predicted molar refractivity (Wildman–Crippen MR) is 74.6 cm³/mol. The first-order valence-corrected chi connectivity index (χ1v) is 6.01. The minimum Gasteiger partial charge on any atom is -0.508 e. The monoisotopic (exact) mass is 248 g/mol. The van der Waals surface area contributed by atoms with Crippen LogP contribution in [0.4, 0.5) is 0 Å². The quantitative estimate of drug-likeness (QED) is 0.754. The zero-order chi connectivity index (χ0) is 13.1. The number of rotatable bonds is 2. The van der Waals surface area contributed by atoms with Crippen LogP contribution in [0.1, 0.15) is 0 Å². The van der Waals surface area contributed by atoms with Crippen molar-refractivity contribution in [3.8, 4) is 28.4 Å². The van der Waals surface area contributed by atoms with Gasteiger partial charge in [-0.05, 0) is 30.3 Å². The van der Waals surface area contributed by atoms with E-state index in [1.165, 1.54) is 0 Å². The summed E-state index contributed by atoms with van der Waals surface area (Å²) in [6, 6.07) is 18.7. The van der Waals surface area contributed by atoms with Gasteiger partial charge in [0.05, 0.1) is 5.69 Å². The second kappa shape index (κ2) is 4.90. The van der Waals surface area contributed by atoms with Crippen LogP contribution in [0.3, 0.4) is 0 Å². The predicted octanol–water partition coefficient (Wildman–Crippen LogP) is 3.52. The van der Waals surface area contributed by atoms with Gasteiger partial charge in [0.25, 0.3) is 0 Å². The third kappa shape index (κ3) is 2.45. The fraction of sp³-hybridized carbons (Fsp3) is 0. The van der Waals surface area contributed by atoms with Gasteiger partial charge in [0, 0.05) is 17.3 Å². The highest BCUT2D eigenvalue weighted by Gasteiger charge is 2.04. The van der Waals surface area contributed by atoms with Crippen LogP contribution in [0.2, 0.25) is 0 Å². The van der Waals surface area contributed by atoms with E-state index in [1.54, 1.807) is 30.5 Å². The maximum Gasteiger partial charge on any atom is 0.159 e. The Bertz CT molecular complexity index is 679. The molecule has 0 atom stereocenters. The molecule has 0 saturated carbocycles. The van der Waals surface area contributed by atoms with Crippen molar-refractivity contribution in [2.24, 2.45) is 0 Å². The Kier molecular flexibility index (Phi) is 2.94. The molecule has 3 heteroatoms. The van der Waals surface area contributed by atoms with Crippen molar-refractivity contribution >= 4 is 0 Å². The lowest BCUT2D eigenvalue weighted by Gasteiger charge is -2.04. The minimum absolute atomic E-state index is 0.239. The molecule has 1 aromatic heterocycles. The molecule has 3 nitrogen and oxygen atoms in total. The molecule has 0 aliphatic rings. The molecule has 2 aromatic carbocycles. The van der Waals surface area contributed by atoms with Gasteiger partial charge in [0.1, 0.15) is 5.75 Å². The molecule has 19 heavy (non-hydrogen) atoms. The van der Waals surface area contributed by atoms with Crippen molar-refractivity contribution in [3.63, 3.8) is 0 Å². The summed E-state index contributed by atoms with van der Waals surface area (Å²) in [4.78, 5) is 8.82. The summed E-state index contributed by atoms with van der Waals surface area (Å²) in [6.07, 6.45) is 1.75. The molecular formula is C16H12N2O. The molecule has 3 aromatic rings. The zero-order valence-electron chi connectivity index (χ0n) is 10.2. The first kappa shape index (κ1) is 11.4. The first-order valence-electron chi connectivity index (χ1n) is 6.01. The van der Waals surface area contributed by atoms with Gasteiger partial charge in [-0.15, -0.1) is 0 Å². The van der Waals surface area contributed by atoms with Crippen LogP contribution in [-0.4, -0.2) is 15.1 Å². The maximum atomic E-state index is 9.30. The molecule has 92 valence electrons. The van der Waals surface area contributed by atoms with E-state index in [1.807, 2.05) is 36.4 Å². The van der Waals surface area contributed by atoms with E-state index < -0.39 is 0 Å². The highest BCUT2D eigenvalue weighted by atomic mass is 16.3. The summed E-state index contributed by atoms with van der Waals surface area (Å²) >= 11 is 0. The zero-order valence-corrected chi connectivity index (χ0v) is 10.2. The van der Waals surface area contributed by atoms with E-state index in [-0.39, 0.29) is 5.75 Å². The molecule has 0 aliphatic heterocycles. The third-order valence-corrected chi connectivity index (χ3v) is 2.85. The second-order valence-corrected chi connectivity index (χ2v) is 4.18. The summed E-state index contributed by atoms with van der Waals surface area (Å²) < 4.78 is 0. The number of phenols is 1. The summed E-state index contributed by atoms with van der Waals surface area (Å²) in [5, 5.41) is 9.30. The van der Waals surface area contributed by atoms with Crippen molar-refractivity contribution in [2.45, 2.75) is 0 Å². The molecule has 3 rings (SSSR count). The molecule has 0 unspecified atom stereocenters. The van der Waals surface area contributed by atoms with Crippen LogP contribution in [0.5, 0.6) is 5.75 Å². The van der Waals surface area contributed by atoms with Crippen LogP contribution in [0, 0.1) is 0 Å². The number of aromatic hydroxyl groups is 1. The van der Waals surface area contributed by atoms with Crippen molar-refractivity contribution in [2.75, 3.05) is 0 Å². The molecule has 0 aliphatic carbocycles.